The minimum atomic E-state index is -4.45. The van der Waals surface area contributed by atoms with Crippen molar-refractivity contribution in [3.05, 3.63) is 33.5 Å². The average Bonchev–Trinajstić information content (AvgIpc) is 2.34. The third kappa shape index (κ3) is 3.26. The SMILES string of the molecule is N#Cc1cnc2ccc(I)cc2c1OCC(F)(F)F. The number of hydrogen-bond donors (Lipinski definition) is 0. The number of alkyl halides is 3. The topological polar surface area (TPSA) is 45.9 Å². The first kappa shape index (κ1) is 13.9. The van der Waals surface area contributed by atoms with Crippen molar-refractivity contribution in [1.82, 2.24) is 4.98 Å². The van der Waals surface area contributed by atoms with E-state index in [1.54, 1.807) is 24.3 Å². The van der Waals surface area contributed by atoms with Gasteiger partial charge in [-0.15, -0.1) is 0 Å². The summed E-state index contributed by atoms with van der Waals surface area (Å²) in [6.45, 7) is -1.44. The molecule has 1 heterocycles. The summed E-state index contributed by atoms with van der Waals surface area (Å²) in [6.07, 6.45) is -3.24. The van der Waals surface area contributed by atoms with E-state index in [2.05, 4.69) is 4.98 Å². The summed E-state index contributed by atoms with van der Waals surface area (Å²) >= 11 is 2.02. The van der Waals surface area contributed by atoms with Crippen LogP contribution in [0, 0.1) is 14.9 Å². The van der Waals surface area contributed by atoms with Crippen LogP contribution in [0.1, 0.15) is 5.56 Å². The van der Waals surface area contributed by atoms with E-state index in [1.165, 1.54) is 6.20 Å². The molecule has 3 nitrogen and oxygen atoms in total. The standard InChI is InChI=1S/C12H6F3IN2O/c13-12(14,15)6-19-11-7(4-17)5-18-10-2-1-8(16)3-9(10)11/h1-3,5H,6H2. The van der Waals surface area contributed by atoms with Gasteiger partial charge in [0.05, 0.1) is 5.52 Å². The minimum absolute atomic E-state index is 0.0150. The Morgan fingerprint density at radius 3 is 2.74 bits per heavy atom. The Morgan fingerprint density at radius 2 is 2.11 bits per heavy atom. The first-order valence-electron chi connectivity index (χ1n) is 5.08. The van der Waals surface area contributed by atoms with E-state index in [0.29, 0.717) is 10.9 Å². The maximum atomic E-state index is 12.2. The summed E-state index contributed by atoms with van der Waals surface area (Å²) in [6, 6.07) is 6.86. The summed E-state index contributed by atoms with van der Waals surface area (Å²) in [5.41, 5.74) is 0.468. The molecule has 2 aromatic rings. The first-order valence-corrected chi connectivity index (χ1v) is 6.16. The number of aromatic nitrogens is 1. The predicted molar refractivity (Wildman–Crippen MR) is 70.7 cm³/mol. The van der Waals surface area contributed by atoms with E-state index < -0.39 is 12.8 Å². The molecular formula is C12H6F3IN2O. The fraction of sp³-hybridized carbons (Fsp3) is 0.167. The maximum absolute atomic E-state index is 12.2. The number of hydrogen-bond acceptors (Lipinski definition) is 3. The quantitative estimate of drug-likeness (QED) is 0.750. The number of fused-ring (bicyclic) bond motifs is 1. The summed E-state index contributed by atoms with van der Waals surface area (Å²) in [5.74, 6) is -0.0802. The number of ether oxygens (including phenoxy) is 1. The Balaban J connectivity index is 2.54. The normalized spacial score (nSPS) is 11.3. The van der Waals surface area contributed by atoms with Gasteiger partial charge in [-0.25, -0.2) is 0 Å². The number of nitriles is 1. The second kappa shape index (κ2) is 5.21. The van der Waals surface area contributed by atoms with Crippen molar-refractivity contribution in [2.45, 2.75) is 6.18 Å². The zero-order chi connectivity index (χ0) is 14.0. The summed E-state index contributed by atoms with van der Waals surface area (Å²) in [4.78, 5) is 4.01. The van der Waals surface area contributed by atoms with Crippen LogP contribution in [-0.2, 0) is 0 Å². The van der Waals surface area contributed by atoms with Gasteiger partial charge in [0.25, 0.3) is 0 Å². The van der Waals surface area contributed by atoms with Crippen LogP contribution < -0.4 is 4.74 Å². The molecular weight excluding hydrogens is 372 g/mol. The Labute approximate surface area is 120 Å². The smallest absolute Gasteiger partial charge is 0.422 e. The molecule has 0 unspecified atom stereocenters. The van der Waals surface area contributed by atoms with Gasteiger partial charge in [0, 0.05) is 15.2 Å². The second-order valence-electron chi connectivity index (χ2n) is 3.68. The highest BCUT2D eigenvalue weighted by Crippen LogP contribution is 2.30. The lowest BCUT2D eigenvalue weighted by atomic mass is 10.1. The van der Waals surface area contributed by atoms with Crippen LogP contribution in [0.3, 0.4) is 0 Å². The highest BCUT2D eigenvalue weighted by Gasteiger charge is 2.29. The molecule has 0 N–H and O–H groups in total. The molecule has 98 valence electrons. The molecule has 0 bridgehead atoms. The fourth-order valence-electron chi connectivity index (χ4n) is 1.53. The zero-order valence-corrected chi connectivity index (χ0v) is 11.5. The van der Waals surface area contributed by atoms with Crippen LogP contribution in [0.4, 0.5) is 13.2 Å². The highest BCUT2D eigenvalue weighted by molar-refractivity contribution is 14.1. The van der Waals surface area contributed by atoms with Crippen LogP contribution in [0.25, 0.3) is 10.9 Å². The molecule has 0 saturated carbocycles. The molecule has 19 heavy (non-hydrogen) atoms. The van der Waals surface area contributed by atoms with Gasteiger partial charge >= 0.3 is 6.18 Å². The number of benzene rings is 1. The Bertz CT molecular complexity index is 664. The average molecular weight is 378 g/mol. The lowest BCUT2D eigenvalue weighted by Crippen LogP contribution is -2.19. The van der Waals surface area contributed by atoms with Crippen LogP contribution in [0.15, 0.2) is 24.4 Å². The maximum Gasteiger partial charge on any atom is 0.422 e. The van der Waals surface area contributed by atoms with E-state index in [4.69, 9.17) is 10.00 Å². The van der Waals surface area contributed by atoms with Gasteiger partial charge in [-0.05, 0) is 40.8 Å². The van der Waals surface area contributed by atoms with Crippen LogP contribution in [-0.4, -0.2) is 17.8 Å². The number of rotatable bonds is 2. The molecule has 0 aliphatic rings. The van der Waals surface area contributed by atoms with Gasteiger partial charge in [-0.1, -0.05) is 0 Å². The van der Waals surface area contributed by atoms with E-state index in [0.717, 1.165) is 3.57 Å². The third-order valence-electron chi connectivity index (χ3n) is 2.28. The number of pyridine rings is 1. The number of nitrogens with zero attached hydrogens (tertiary/aromatic N) is 2. The monoisotopic (exact) mass is 378 g/mol. The van der Waals surface area contributed by atoms with E-state index in [9.17, 15) is 13.2 Å². The molecule has 7 heteroatoms. The molecule has 2 rings (SSSR count). The first-order chi connectivity index (χ1) is 8.90. The molecule has 0 radical (unpaired) electrons. The Kier molecular flexibility index (Phi) is 3.80. The second-order valence-corrected chi connectivity index (χ2v) is 4.92. The van der Waals surface area contributed by atoms with Crippen LogP contribution in [0.5, 0.6) is 5.75 Å². The van der Waals surface area contributed by atoms with Crippen LogP contribution >= 0.6 is 22.6 Å². The molecule has 0 atom stereocenters. The largest absolute Gasteiger partial charge is 0.482 e. The van der Waals surface area contributed by atoms with Crippen molar-refractivity contribution in [3.63, 3.8) is 0 Å². The van der Waals surface area contributed by atoms with Crippen molar-refractivity contribution in [2.24, 2.45) is 0 Å². The Morgan fingerprint density at radius 1 is 1.37 bits per heavy atom. The van der Waals surface area contributed by atoms with Crippen molar-refractivity contribution < 1.29 is 17.9 Å². The van der Waals surface area contributed by atoms with E-state index in [1.807, 2.05) is 22.6 Å². The summed E-state index contributed by atoms with van der Waals surface area (Å²) < 4.78 is 42.3. The van der Waals surface area contributed by atoms with E-state index >= 15 is 0 Å². The molecule has 0 saturated heterocycles. The van der Waals surface area contributed by atoms with Crippen LogP contribution in [0.2, 0.25) is 0 Å². The molecule has 0 amide bonds. The van der Waals surface area contributed by atoms with Gasteiger partial charge < -0.3 is 4.74 Å². The van der Waals surface area contributed by atoms with Crippen molar-refractivity contribution in [3.8, 4) is 11.8 Å². The van der Waals surface area contributed by atoms with Crippen molar-refractivity contribution in [2.75, 3.05) is 6.61 Å². The Hall–Kier alpha value is -1.56. The third-order valence-corrected chi connectivity index (χ3v) is 2.95. The van der Waals surface area contributed by atoms with Gasteiger partial charge in [-0.3, -0.25) is 4.98 Å². The lowest BCUT2D eigenvalue weighted by molar-refractivity contribution is -0.153. The van der Waals surface area contributed by atoms with Gasteiger partial charge in [0.2, 0.25) is 0 Å². The zero-order valence-electron chi connectivity index (χ0n) is 9.33. The van der Waals surface area contributed by atoms with Gasteiger partial charge in [0.1, 0.15) is 17.4 Å². The molecule has 1 aromatic carbocycles. The molecule has 1 aromatic heterocycles. The van der Waals surface area contributed by atoms with Gasteiger partial charge in [-0.2, -0.15) is 18.4 Å². The summed E-state index contributed by atoms with van der Waals surface area (Å²) in [5, 5.41) is 9.32. The molecule has 0 aliphatic carbocycles. The van der Waals surface area contributed by atoms with E-state index in [-0.39, 0.29) is 11.3 Å². The lowest BCUT2D eigenvalue weighted by Gasteiger charge is -2.12. The molecule has 0 fully saturated rings. The predicted octanol–water partition coefficient (Wildman–Crippen LogP) is 3.65. The number of halogens is 4. The fourth-order valence-corrected chi connectivity index (χ4v) is 2.02. The van der Waals surface area contributed by atoms with Crippen molar-refractivity contribution in [1.29, 1.82) is 5.26 Å². The van der Waals surface area contributed by atoms with Gasteiger partial charge in [0.15, 0.2) is 6.61 Å². The van der Waals surface area contributed by atoms with Crippen molar-refractivity contribution >= 4 is 33.5 Å². The minimum Gasteiger partial charge on any atom is -0.482 e. The highest BCUT2D eigenvalue weighted by atomic mass is 127. The molecule has 0 spiro atoms. The molecule has 0 aliphatic heterocycles. The summed E-state index contributed by atoms with van der Waals surface area (Å²) in [7, 11) is 0.